The maximum absolute atomic E-state index is 13.1. The van der Waals surface area contributed by atoms with Crippen LogP contribution in [0.5, 0.6) is 0 Å². The van der Waals surface area contributed by atoms with E-state index < -0.39 is 11.8 Å². The largest absolute Gasteiger partial charge is 0.465 e. The van der Waals surface area contributed by atoms with E-state index in [1.165, 1.54) is 55.2 Å². The van der Waals surface area contributed by atoms with Gasteiger partial charge in [-0.25, -0.2) is 0 Å². The highest BCUT2D eigenvalue weighted by molar-refractivity contribution is 5.83. The molecule has 0 saturated carbocycles. The summed E-state index contributed by atoms with van der Waals surface area (Å²) >= 11 is 0. The second-order valence-electron chi connectivity index (χ2n) is 11.1. The summed E-state index contributed by atoms with van der Waals surface area (Å²) < 4.78 is 11.3. The molecular weight excluding hydrogens is 460 g/mol. The normalized spacial score (nSPS) is 17.8. The summed E-state index contributed by atoms with van der Waals surface area (Å²) in [6, 6.07) is 0. The summed E-state index contributed by atoms with van der Waals surface area (Å²) in [7, 11) is 0. The number of esters is 2. The van der Waals surface area contributed by atoms with E-state index in [0.29, 0.717) is 26.1 Å². The van der Waals surface area contributed by atoms with E-state index in [2.05, 4.69) is 52.8 Å². The van der Waals surface area contributed by atoms with E-state index in [-0.39, 0.29) is 11.9 Å². The van der Waals surface area contributed by atoms with Crippen LogP contribution in [0.3, 0.4) is 0 Å². The molecule has 1 rings (SSSR count). The summed E-state index contributed by atoms with van der Waals surface area (Å²) in [6.45, 7) is 11.8. The molecule has 212 valence electrons. The number of allylic oxidation sites excluding steroid dienone is 6. The van der Waals surface area contributed by atoms with Gasteiger partial charge in [0.2, 0.25) is 0 Å². The molecule has 2 unspecified atom stereocenters. The Morgan fingerprint density at radius 2 is 1.35 bits per heavy atom. The molecule has 0 radical (unpaired) electrons. The van der Waals surface area contributed by atoms with Gasteiger partial charge in [-0.15, -0.1) is 0 Å². The van der Waals surface area contributed by atoms with E-state index in [0.717, 1.165) is 51.4 Å². The molecule has 1 aliphatic rings. The molecule has 1 aliphatic carbocycles. The van der Waals surface area contributed by atoms with E-state index >= 15 is 0 Å². The number of rotatable bonds is 20. The third-order valence-electron chi connectivity index (χ3n) is 7.27. The number of hydrogen-bond donors (Lipinski definition) is 0. The van der Waals surface area contributed by atoms with Crippen LogP contribution in [0.4, 0.5) is 0 Å². The van der Waals surface area contributed by atoms with Crippen molar-refractivity contribution in [3.63, 3.8) is 0 Å². The Hall–Kier alpha value is -1.84. The van der Waals surface area contributed by atoms with Crippen LogP contribution in [-0.2, 0) is 19.1 Å². The highest BCUT2D eigenvalue weighted by atomic mass is 16.5. The minimum atomic E-state index is -0.425. The number of carbonyl (C=O) groups is 2. The maximum Gasteiger partial charge on any atom is 0.310 e. The summed E-state index contributed by atoms with van der Waals surface area (Å²) in [5, 5.41) is 0. The van der Waals surface area contributed by atoms with Gasteiger partial charge in [-0.05, 0) is 72.1 Å². The zero-order valence-electron chi connectivity index (χ0n) is 24.7. The topological polar surface area (TPSA) is 52.6 Å². The second-order valence-corrected chi connectivity index (χ2v) is 11.1. The molecule has 2 atom stereocenters. The molecule has 0 amide bonds. The van der Waals surface area contributed by atoms with Crippen LogP contribution in [-0.4, -0.2) is 25.2 Å². The van der Waals surface area contributed by atoms with Crippen molar-refractivity contribution in [1.29, 1.82) is 0 Å². The zero-order chi connectivity index (χ0) is 27.3. The van der Waals surface area contributed by atoms with Crippen molar-refractivity contribution in [1.82, 2.24) is 0 Å². The minimum Gasteiger partial charge on any atom is -0.465 e. The van der Waals surface area contributed by atoms with Crippen LogP contribution in [0.15, 0.2) is 34.9 Å². The van der Waals surface area contributed by atoms with E-state index in [4.69, 9.17) is 9.47 Å². The molecule has 0 bridgehead atoms. The van der Waals surface area contributed by atoms with Gasteiger partial charge < -0.3 is 9.47 Å². The van der Waals surface area contributed by atoms with Crippen molar-refractivity contribution in [3.05, 3.63) is 34.9 Å². The number of hydrogen-bond acceptors (Lipinski definition) is 4. The van der Waals surface area contributed by atoms with Gasteiger partial charge in [0.05, 0.1) is 25.0 Å². The van der Waals surface area contributed by atoms with Crippen LogP contribution in [0.25, 0.3) is 0 Å². The second kappa shape index (κ2) is 21.1. The summed E-state index contributed by atoms with van der Waals surface area (Å²) in [5.74, 6) is -1.30. The SMILES string of the molecule is CCCCCCCOC(=O)C1CC=C(CCC=C(C)CCC=C(C)C)CC1C(=O)OCCCCCCC. The van der Waals surface area contributed by atoms with Gasteiger partial charge in [0.25, 0.3) is 0 Å². The van der Waals surface area contributed by atoms with Gasteiger partial charge >= 0.3 is 11.9 Å². The van der Waals surface area contributed by atoms with Gasteiger partial charge in [-0.1, -0.05) is 100 Å². The van der Waals surface area contributed by atoms with Gasteiger partial charge in [0, 0.05) is 0 Å². The number of carbonyl (C=O) groups excluding carboxylic acids is 2. The molecular formula is C33H56O4. The molecule has 0 fully saturated rings. The average Bonchev–Trinajstić information content (AvgIpc) is 2.87. The Morgan fingerprint density at radius 1 is 0.784 bits per heavy atom. The lowest BCUT2D eigenvalue weighted by molar-refractivity contribution is -0.161. The zero-order valence-corrected chi connectivity index (χ0v) is 24.7. The molecule has 37 heavy (non-hydrogen) atoms. The van der Waals surface area contributed by atoms with Crippen LogP contribution in [0.2, 0.25) is 0 Å². The van der Waals surface area contributed by atoms with Crippen LogP contribution in [0.1, 0.15) is 137 Å². The van der Waals surface area contributed by atoms with E-state index in [1.54, 1.807) is 0 Å². The molecule has 0 saturated heterocycles. The van der Waals surface area contributed by atoms with Gasteiger partial charge in [-0.2, -0.15) is 0 Å². The first kappa shape index (κ1) is 33.2. The van der Waals surface area contributed by atoms with Gasteiger partial charge in [-0.3, -0.25) is 9.59 Å². The standard InChI is InChI=1S/C33H56O4/c1-6-8-10-12-14-24-36-32(34)30-23-22-29(21-17-20-28(5)19-16-18-27(3)4)26-31(30)33(35)37-25-15-13-11-9-7-2/h18,20,22,30-31H,6-17,19,21,23-26H2,1-5H3. The minimum absolute atomic E-state index is 0.223. The Bertz CT molecular complexity index is 727. The molecule has 0 aromatic rings. The molecule has 0 aromatic carbocycles. The van der Waals surface area contributed by atoms with Crippen molar-refractivity contribution >= 4 is 11.9 Å². The molecule has 0 heterocycles. The molecule has 4 heteroatoms. The van der Waals surface area contributed by atoms with Crippen molar-refractivity contribution in [2.24, 2.45) is 11.8 Å². The molecule has 0 N–H and O–H groups in total. The third-order valence-corrected chi connectivity index (χ3v) is 7.27. The summed E-state index contributed by atoms with van der Waals surface area (Å²) in [6.07, 6.45) is 23.2. The Morgan fingerprint density at radius 3 is 1.92 bits per heavy atom. The lowest BCUT2D eigenvalue weighted by atomic mass is 9.78. The highest BCUT2D eigenvalue weighted by Crippen LogP contribution is 2.34. The van der Waals surface area contributed by atoms with E-state index in [1.807, 2.05) is 0 Å². The lowest BCUT2D eigenvalue weighted by Gasteiger charge is -2.28. The van der Waals surface area contributed by atoms with Crippen molar-refractivity contribution in [2.45, 2.75) is 137 Å². The predicted octanol–water partition coefficient (Wildman–Crippen LogP) is 9.44. The van der Waals surface area contributed by atoms with Crippen LogP contribution in [0, 0.1) is 11.8 Å². The fourth-order valence-corrected chi connectivity index (χ4v) is 4.84. The van der Waals surface area contributed by atoms with Crippen molar-refractivity contribution in [2.75, 3.05) is 13.2 Å². The Kier molecular flexibility index (Phi) is 19.0. The first-order valence-electron chi connectivity index (χ1n) is 15.2. The summed E-state index contributed by atoms with van der Waals surface area (Å²) in [4.78, 5) is 26.0. The summed E-state index contributed by atoms with van der Waals surface area (Å²) in [5.41, 5.74) is 4.04. The molecule has 4 nitrogen and oxygen atoms in total. The van der Waals surface area contributed by atoms with Crippen LogP contribution < -0.4 is 0 Å². The number of ether oxygens (including phenoxy) is 2. The van der Waals surface area contributed by atoms with Crippen molar-refractivity contribution in [3.8, 4) is 0 Å². The fourth-order valence-electron chi connectivity index (χ4n) is 4.84. The fraction of sp³-hybridized carbons (Fsp3) is 0.758. The first-order valence-corrected chi connectivity index (χ1v) is 15.2. The van der Waals surface area contributed by atoms with Crippen LogP contribution >= 0.6 is 0 Å². The first-order chi connectivity index (χ1) is 17.9. The Labute approximate surface area is 228 Å². The predicted molar refractivity (Wildman–Crippen MR) is 155 cm³/mol. The Balaban J connectivity index is 2.66. The highest BCUT2D eigenvalue weighted by Gasteiger charge is 2.38. The molecule has 0 aromatic heterocycles. The average molecular weight is 517 g/mol. The number of unbranched alkanes of at least 4 members (excludes halogenated alkanes) is 8. The van der Waals surface area contributed by atoms with Crippen molar-refractivity contribution < 1.29 is 19.1 Å². The molecule has 0 aliphatic heterocycles. The smallest absolute Gasteiger partial charge is 0.310 e. The monoisotopic (exact) mass is 516 g/mol. The maximum atomic E-state index is 13.1. The molecule has 0 spiro atoms. The van der Waals surface area contributed by atoms with Gasteiger partial charge in [0.15, 0.2) is 0 Å². The quantitative estimate of drug-likeness (QED) is 0.0918. The lowest BCUT2D eigenvalue weighted by Crippen LogP contribution is -2.35. The third kappa shape index (κ3) is 15.9. The van der Waals surface area contributed by atoms with E-state index in [9.17, 15) is 9.59 Å². The van der Waals surface area contributed by atoms with Gasteiger partial charge in [0.1, 0.15) is 0 Å².